The van der Waals surface area contributed by atoms with Crippen LogP contribution in [0.25, 0.3) is 11.3 Å². The van der Waals surface area contributed by atoms with Gasteiger partial charge in [0.2, 0.25) is 0 Å². The third kappa shape index (κ3) is 4.91. The van der Waals surface area contributed by atoms with Crippen LogP contribution in [-0.2, 0) is 11.3 Å². The largest absolute Gasteiger partial charge is 0.573 e. The molecule has 1 aliphatic rings. The Bertz CT molecular complexity index is 1240. The summed E-state index contributed by atoms with van der Waals surface area (Å²) in [7, 11) is 1.58. The molecule has 1 aromatic heterocycles. The number of methoxy groups -OCH3 is 1. The minimum Gasteiger partial charge on any atom is -0.497 e. The van der Waals surface area contributed by atoms with Gasteiger partial charge < -0.3 is 14.4 Å². The van der Waals surface area contributed by atoms with Crippen LogP contribution in [0.5, 0.6) is 11.5 Å². The lowest BCUT2D eigenvalue weighted by Gasteiger charge is -2.27. The summed E-state index contributed by atoms with van der Waals surface area (Å²) >= 11 is 0. The molecule has 3 aromatic rings. The number of hydrogen-bond donors (Lipinski definition) is 0. The fourth-order valence-corrected chi connectivity index (χ4v) is 3.80. The molecule has 0 aliphatic carbocycles. The quantitative estimate of drug-likeness (QED) is 0.437. The third-order valence-electron chi connectivity index (χ3n) is 5.70. The van der Waals surface area contributed by atoms with Gasteiger partial charge in [0.15, 0.2) is 0 Å². The van der Waals surface area contributed by atoms with E-state index in [0.29, 0.717) is 11.4 Å². The van der Waals surface area contributed by atoms with E-state index in [2.05, 4.69) is 9.72 Å². The average Bonchev–Trinajstić information content (AvgIpc) is 2.98. The van der Waals surface area contributed by atoms with E-state index in [-0.39, 0.29) is 12.2 Å². The van der Waals surface area contributed by atoms with Crippen molar-refractivity contribution in [1.29, 1.82) is 0 Å². The van der Waals surface area contributed by atoms with E-state index in [4.69, 9.17) is 4.74 Å². The van der Waals surface area contributed by atoms with Crippen molar-refractivity contribution < 1.29 is 32.2 Å². The number of anilines is 1. The fraction of sp³-hybridized carbons (Fsp3) is 0.240. The van der Waals surface area contributed by atoms with E-state index >= 15 is 0 Å². The highest BCUT2D eigenvalue weighted by atomic mass is 19.4. The zero-order valence-electron chi connectivity index (χ0n) is 19.2. The number of halogens is 3. The highest BCUT2D eigenvalue weighted by Gasteiger charge is 2.51. The maximum absolute atomic E-state index is 13.3. The minimum absolute atomic E-state index is 0.134. The molecule has 0 radical (unpaired) electrons. The van der Waals surface area contributed by atoms with Gasteiger partial charge in [-0.05, 0) is 80.1 Å². The first-order valence-electron chi connectivity index (χ1n) is 10.6. The van der Waals surface area contributed by atoms with Gasteiger partial charge in [-0.15, -0.1) is 13.2 Å². The maximum atomic E-state index is 13.3. The number of rotatable bonds is 6. The summed E-state index contributed by atoms with van der Waals surface area (Å²) in [5.74, 6) is -0.221. The van der Waals surface area contributed by atoms with Crippen LogP contribution in [0, 0.1) is 0 Å². The standard InChI is InChI=1S/C25H22F3N3O4/c1-24(2)22(32)31(18-6-10-20(11-7-18)35-25(26,27)28)23(33)30(24)15-16-12-13-29-21(14-16)17-4-8-19(34-3)9-5-17/h4-14H,15H2,1-3H3. The number of carbonyl (C=O) groups excluding carboxylic acids is 2. The Balaban J connectivity index is 1.57. The van der Waals surface area contributed by atoms with Crippen LogP contribution in [0.15, 0.2) is 66.9 Å². The molecule has 1 saturated heterocycles. The third-order valence-corrected chi connectivity index (χ3v) is 5.70. The number of amides is 3. The van der Waals surface area contributed by atoms with Crippen LogP contribution >= 0.6 is 0 Å². The van der Waals surface area contributed by atoms with Crippen LogP contribution < -0.4 is 14.4 Å². The number of alkyl halides is 3. The molecule has 10 heteroatoms. The van der Waals surface area contributed by atoms with Crippen molar-refractivity contribution in [3.63, 3.8) is 0 Å². The molecule has 35 heavy (non-hydrogen) atoms. The molecule has 0 unspecified atom stereocenters. The van der Waals surface area contributed by atoms with Gasteiger partial charge in [-0.3, -0.25) is 9.78 Å². The number of benzene rings is 2. The summed E-state index contributed by atoms with van der Waals surface area (Å²) in [6, 6.07) is 15.0. The topological polar surface area (TPSA) is 72.0 Å². The molecular weight excluding hydrogens is 463 g/mol. The Morgan fingerprint density at radius 3 is 2.17 bits per heavy atom. The van der Waals surface area contributed by atoms with Gasteiger partial charge in [0.05, 0.1) is 18.5 Å². The van der Waals surface area contributed by atoms with Gasteiger partial charge in [0.1, 0.15) is 17.0 Å². The Kier molecular flexibility index (Phi) is 6.14. The molecule has 1 fully saturated rings. The molecule has 2 aromatic carbocycles. The van der Waals surface area contributed by atoms with Crippen molar-refractivity contribution in [3.8, 4) is 22.8 Å². The molecule has 0 atom stereocenters. The van der Waals surface area contributed by atoms with Gasteiger partial charge in [-0.2, -0.15) is 0 Å². The summed E-state index contributed by atoms with van der Waals surface area (Å²) in [6.45, 7) is 3.38. The normalized spacial score (nSPS) is 15.5. The smallest absolute Gasteiger partial charge is 0.497 e. The number of pyridine rings is 1. The molecule has 3 amide bonds. The second kappa shape index (κ2) is 8.94. The Morgan fingerprint density at radius 1 is 0.943 bits per heavy atom. The van der Waals surface area contributed by atoms with Gasteiger partial charge in [0, 0.05) is 18.3 Å². The second-order valence-electron chi connectivity index (χ2n) is 8.39. The number of carbonyl (C=O) groups is 2. The zero-order chi connectivity index (χ0) is 25.4. The van der Waals surface area contributed by atoms with E-state index in [1.165, 1.54) is 17.0 Å². The zero-order valence-corrected chi connectivity index (χ0v) is 19.2. The fourth-order valence-electron chi connectivity index (χ4n) is 3.80. The predicted octanol–water partition coefficient (Wildman–Crippen LogP) is 5.40. The molecule has 1 aliphatic heterocycles. The van der Waals surface area contributed by atoms with Gasteiger partial charge in [0.25, 0.3) is 5.91 Å². The van der Waals surface area contributed by atoms with Crippen molar-refractivity contribution in [3.05, 3.63) is 72.4 Å². The van der Waals surface area contributed by atoms with E-state index in [0.717, 1.165) is 28.2 Å². The van der Waals surface area contributed by atoms with Gasteiger partial charge >= 0.3 is 12.4 Å². The van der Waals surface area contributed by atoms with Gasteiger partial charge in [-0.25, -0.2) is 9.69 Å². The second-order valence-corrected chi connectivity index (χ2v) is 8.39. The van der Waals surface area contributed by atoms with E-state index in [9.17, 15) is 22.8 Å². The number of imide groups is 1. The molecule has 0 spiro atoms. The Hall–Kier alpha value is -4.08. The number of ether oxygens (including phenoxy) is 2. The van der Waals surface area contributed by atoms with E-state index < -0.39 is 29.6 Å². The molecule has 2 heterocycles. The van der Waals surface area contributed by atoms with Gasteiger partial charge in [-0.1, -0.05) is 0 Å². The summed E-state index contributed by atoms with van der Waals surface area (Å²) in [4.78, 5) is 33.2. The van der Waals surface area contributed by atoms with Crippen LogP contribution in [0.1, 0.15) is 19.4 Å². The molecule has 7 nitrogen and oxygen atoms in total. The lowest BCUT2D eigenvalue weighted by molar-refractivity contribution is -0.274. The molecule has 0 bridgehead atoms. The summed E-state index contributed by atoms with van der Waals surface area (Å²) in [6.07, 6.45) is -3.21. The van der Waals surface area contributed by atoms with Crippen molar-refractivity contribution in [2.45, 2.75) is 32.3 Å². The van der Waals surface area contributed by atoms with Crippen LogP contribution in [0.2, 0.25) is 0 Å². The van der Waals surface area contributed by atoms with E-state index in [1.54, 1.807) is 33.2 Å². The van der Waals surface area contributed by atoms with Crippen molar-refractivity contribution in [2.75, 3.05) is 12.0 Å². The lowest BCUT2D eigenvalue weighted by Crippen LogP contribution is -2.43. The average molecular weight is 485 g/mol. The molecule has 0 saturated carbocycles. The first-order valence-corrected chi connectivity index (χ1v) is 10.6. The monoisotopic (exact) mass is 485 g/mol. The SMILES string of the molecule is COc1ccc(-c2cc(CN3C(=O)N(c4ccc(OC(F)(F)F)cc4)C(=O)C3(C)C)ccn2)cc1. The highest BCUT2D eigenvalue weighted by Crippen LogP contribution is 2.35. The lowest BCUT2D eigenvalue weighted by atomic mass is 10.0. The Morgan fingerprint density at radius 2 is 1.57 bits per heavy atom. The molecule has 4 rings (SSSR count). The van der Waals surface area contributed by atoms with E-state index in [1.807, 2.05) is 30.3 Å². The molecule has 182 valence electrons. The number of urea groups is 1. The van der Waals surface area contributed by atoms with Crippen LogP contribution in [0.3, 0.4) is 0 Å². The highest BCUT2D eigenvalue weighted by molar-refractivity contribution is 6.22. The number of aromatic nitrogens is 1. The Labute approximate surface area is 199 Å². The first-order chi connectivity index (χ1) is 16.5. The summed E-state index contributed by atoms with van der Waals surface area (Å²) in [5.41, 5.74) is 1.29. The molecule has 0 N–H and O–H groups in total. The van der Waals surface area contributed by atoms with Crippen molar-refractivity contribution in [1.82, 2.24) is 9.88 Å². The van der Waals surface area contributed by atoms with Crippen LogP contribution in [-0.4, -0.2) is 40.8 Å². The first kappa shape index (κ1) is 24.1. The summed E-state index contributed by atoms with van der Waals surface area (Å²) in [5, 5.41) is 0. The van der Waals surface area contributed by atoms with Crippen molar-refractivity contribution >= 4 is 17.6 Å². The maximum Gasteiger partial charge on any atom is 0.573 e. The van der Waals surface area contributed by atoms with Crippen LogP contribution in [0.4, 0.5) is 23.7 Å². The number of hydrogen-bond acceptors (Lipinski definition) is 5. The summed E-state index contributed by atoms with van der Waals surface area (Å²) < 4.78 is 46.4. The number of nitrogens with zero attached hydrogens (tertiary/aromatic N) is 3. The predicted molar refractivity (Wildman–Crippen MR) is 122 cm³/mol. The minimum atomic E-state index is -4.84. The molecular formula is C25H22F3N3O4. The van der Waals surface area contributed by atoms with Crippen molar-refractivity contribution in [2.24, 2.45) is 0 Å².